The summed E-state index contributed by atoms with van der Waals surface area (Å²) in [6, 6.07) is 6.24. The number of rotatable bonds is 3. The molecular formula is C15H11F5N2O2. The van der Waals surface area contributed by atoms with Crippen molar-refractivity contribution in [2.75, 3.05) is 7.11 Å². The van der Waals surface area contributed by atoms with Crippen molar-refractivity contribution in [1.29, 1.82) is 0 Å². The number of halogens is 5. The lowest BCUT2D eigenvalue weighted by molar-refractivity contribution is -0.141. The minimum Gasteiger partial charge on any atom is -0.497 e. The second-order valence-corrected chi connectivity index (χ2v) is 5.28. The van der Waals surface area contributed by atoms with Crippen LogP contribution in [0.3, 0.4) is 0 Å². The fourth-order valence-corrected chi connectivity index (χ4v) is 2.63. The fourth-order valence-electron chi connectivity index (χ4n) is 2.63. The average molecular weight is 346 g/mol. The van der Waals surface area contributed by atoms with E-state index < -0.39 is 41.3 Å². The number of methoxy groups -OCH3 is 1. The number of carbonyl (C=O) groups is 1. The molecule has 0 saturated carbocycles. The second kappa shape index (κ2) is 5.57. The number of alkyl halides is 5. The van der Waals surface area contributed by atoms with E-state index in [0.29, 0.717) is 16.0 Å². The largest absolute Gasteiger partial charge is 0.497 e. The van der Waals surface area contributed by atoms with Crippen LogP contribution in [0.5, 0.6) is 5.75 Å². The highest BCUT2D eigenvalue weighted by atomic mass is 19.4. The lowest BCUT2D eigenvalue weighted by Crippen LogP contribution is -2.19. The standard InChI is InChI=1S/C15H11F5N2O2/c1-24-8-4-2-7(3-5-8)6-22-12-9(13(23)11(17)10(12)16)14(21-22)15(18,19)20/h2-5,10-11H,6H2,1H3/t10-,11-/m1/s1. The van der Waals surface area contributed by atoms with E-state index in [-0.39, 0.29) is 6.54 Å². The molecule has 3 rings (SSSR count). The summed E-state index contributed by atoms with van der Waals surface area (Å²) in [5.41, 5.74) is -2.75. The van der Waals surface area contributed by atoms with Gasteiger partial charge in [0.1, 0.15) is 5.75 Å². The lowest BCUT2D eigenvalue weighted by Gasteiger charge is -2.10. The van der Waals surface area contributed by atoms with Crippen molar-refractivity contribution < 1.29 is 31.5 Å². The molecule has 0 bridgehead atoms. The molecule has 0 aliphatic heterocycles. The average Bonchev–Trinajstić information content (AvgIpc) is 3.01. The van der Waals surface area contributed by atoms with Gasteiger partial charge in [0.05, 0.1) is 24.9 Å². The molecule has 0 radical (unpaired) electrons. The SMILES string of the molecule is COc1ccc(Cn2nc(C(F)(F)F)c3c2[C@H](F)[C@@H](F)C3=O)cc1. The van der Waals surface area contributed by atoms with Crippen molar-refractivity contribution in [3.63, 3.8) is 0 Å². The molecule has 1 aliphatic rings. The van der Waals surface area contributed by atoms with Gasteiger partial charge in [0.25, 0.3) is 0 Å². The molecule has 0 fully saturated rings. The Morgan fingerprint density at radius 2 is 1.79 bits per heavy atom. The highest BCUT2D eigenvalue weighted by Crippen LogP contribution is 2.43. The van der Waals surface area contributed by atoms with Crippen molar-refractivity contribution in [3.05, 3.63) is 46.8 Å². The van der Waals surface area contributed by atoms with Crippen molar-refractivity contribution in [3.8, 4) is 5.75 Å². The lowest BCUT2D eigenvalue weighted by atomic mass is 10.1. The normalized spacial score (nSPS) is 20.3. The Morgan fingerprint density at radius 1 is 1.17 bits per heavy atom. The number of fused-ring (bicyclic) bond motifs is 1. The molecule has 2 atom stereocenters. The molecule has 128 valence electrons. The van der Waals surface area contributed by atoms with E-state index in [1.165, 1.54) is 7.11 Å². The van der Waals surface area contributed by atoms with E-state index >= 15 is 0 Å². The van der Waals surface area contributed by atoms with Crippen molar-refractivity contribution in [2.45, 2.75) is 25.1 Å². The van der Waals surface area contributed by atoms with E-state index in [4.69, 9.17) is 4.74 Å². The summed E-state index contributed by atoms with van der Waals surface area (Å²) in [6.45, 7) is -0.233. The van der Waals surface area contributed by atoms with Gasteiger partial charge in [-0.2, -0.15) is 18.3 Å². The molecule has 0 unspecified atom stereocenters. The van der Waals surface area contributed by atoms with Crippen LogP contribution in [0, 0.1) is 0 Å². The van der Waals surface area contributed by atoms with Gasteiger partial charge in [-0.15, -0.1) is 0 Å². The van der Waals surface area contributed by atoms with Crippen LogP contribution < -0.4 is 4.74 Å². The monoisotopic (exact) mass is 346 g/mol. The number of ether oxygens (including phenoxy) is 1. The van der Waals surface area contributed by atoms with E-state index in [1.807, 2.05) is 0 Å². The van der Waals surface area contributed by atoms with E-state index in [1.54, 1.807) is 24.3 Å². The molecular weight excluding hydrogens is 335 g/mol. The predicted octanol–water partition coefficient (Wildman–Crippen LogP) is 3.50. The Balaban J connectivity index is 2.06. The van der Waals surface area contributed by atoms with Gasteiger partial charge in [0.15, 0.2) is 18.0 Å². The molecule has 0 amide bonds. The molecule has 2 aromatic rings. The Kier molecular flexibility index (Phi) is 3.81. The molecule has 0 N–H and O–H groups in total. The topological polar surface area (TPSA) is 44.1 Å². The van der Waals surface area contributed by atoms with Crippen LogP contribution in [-0.4, -0.2) is 28.8 Å². The summed E-state index contributed by atoms with van der Waals surface area (Å²) in [7, 11) is 1.45. The van der Waals surface area contributed by atoms with Gasteiger partial charge in [0.2, 0.25) is 5.78 Å². The van der Waals surface area contributed by atoms with Crippen LogP contribution in [0.4, 0.5) is 22.0 Å². The number of aromatic nitrogens is 2. The molecule has 1 aromatic heterocycles. The summed E-state index contributed by atoms with van der Waals surface area (Å²) in [5, 5.41) is 3.31. The number of carbonyl (C=O) groups excluding carboxylic acids is 1. The number of ketones is 1. The number of Topliss-reactive ketones (excluding diaryl/α,β-unsaturated/α-hetero) is 1. The van der Waals surface area contributed by atoms with E-state index in [2.05, 4.69) is 5.10 Å². The quantitative estimate of drug-likeness (QED) is 0.799. The third-order valence-electron chi connectivity index (χ3n) is 3.77. The Bertz CT molecular complexity index is 782. The zero-order chi connectivity index (χ0) is 17.6. The second-order valence-electron chi connectivity index (χ2n) is 5.28. The molecule has 24 heavy (non-hydrogen) atoms. The third kappa shape index (κ3) is 2.53. The summed E-state index contributed by atoms with van der Waals surface area (Å²) in [5.74, 6) is -0.992. The van der Waals surface area contributed by atoms with Gasteiger partial charge in [-0.25, -0.2) is 8.78 Å². The first-order chi connectivity index (χ1) is 11.2. The maximum Gasteiger partial charge on any atom is 0.435 e. The van der Waals surface area contributed by atoms with Gasteiger partial charge in [-0.05, 0) is 17.7 Å². The zero-order valence-electron chi connectivity index (χ0n) is 12.3. The highest BCUT2D eigenvalue weighted by Gasteiger charge is 2.51. The van der Waals surface area contributed by atoms with Gasteiger partial charge < -0.3 is 4.74 Å². The number of hydrogen-bond donors (Lipinski definition) is 0. The van der Waals surface area contributed by atoms with Crippen LogP contribution >= 0.6 is 0 Å². The molecule has 1 heterocycles. The minimum absolute atomic E-state index is 0.233. The zero-order valence-corrected chi connectivity index (χ0v) is 12.3. The summed E-state index contributed by atoms with van der Waals surface area (Å²) < 4.78 is 72.3. The van der Waals surface area contributed by atoms with E-state index in [9.17, 15) is 26.7 Å². The Morgan fingerprint density at radius 3 is 2.33 bits per heavy atom. The molecule has 4 nitrogen and oxygen atoms in total. The summed E-state index contributed by atoms with van der Waals surface area (Å²) in [6.07, 6.45) is -10.1. The summed E-state index contributed by atoms with van der Waals surface area (Å²) >= 11 is 0. The highest BCUT2D eigenvalue weighted by molar-refractivity contribution is 6.05. The minimum atomic E-state index is -4.98. The van der Waals surface area contributed by atoms with Crippen LogP contribution in [0.25, 0.3) is 0 Å². The van der Waals surface area contributed by atoms with Gasteiger partial charge in [-0.3, -0.25) is 9.48 Å². The Hall–Kier alpha value is -2.45. The molecule has 1 aliphatic carbocycles. The van der Waals surface area contributed by atoms with Crippen molar-refractivity contribution >= 4 is 5.78 Å². The van der Waals surface area contributed by atoms with Crippen LogP contribution in [0.1, 0.15) is 33.5 Å². The number of nitrogens with zero attached hydrogens (tertiary/aromatic N) is 2. The molecule has 9 heteroatoms. The third-order valence-corrected chi connectivity index (χ3v) is 3.77. The van der Waals surface area contributed by atoms with Crippen LogP contribution in [0.2, 0.25) is 0 Å². The molecule has 0 spiro atoms. The van der Waals surface area contributed by atoms with Crippen molar-refractivity contribution in [1.82, 2.24) is 9.78 Å². The van der Waals surface area contributed by atoms with Gasteiger partial charge in [0, 0.05) is 0 Å². The number of benzene rings is 1. The maximum absolute atomic E-state index is 14.0. The molecule has 0 saturated heterocycles. The van der Waals surface area contributed by atoms with Crippen LogP contribution in [0.15, 0.2) is 24.3 Å². The van der Waals surface area contributed by atoms with Crippen molar-refractivity contribution in [2.24, 2.45) is 0 Å². The summed E-state index contributed by atoms with van der Waals surface area (Å²) in [4.78, 5) is 11.6. The van der Waals surface area contributed by atoms with Crippen LogP contribution in [-0.2, 0) is 12.7 Å². The smallest absolute Gasteiger partial charge is 0.435 e. The molecule has 1 aromatic carbocycles. The van der Waals surface area contributed by atoms with Gasteiger partial charge in [-0.1, -0.05) is 12.1 Å². The van der Waals surface area contributed by atoms with Gasteiger partial charge >= 0.3 is 6.18 Å². The number of hydrogen-bond acceptors (Lipinski definition) is 3. The maximum atomic E-state index is 14.0. The first-order valence-corrected chi connectivity index (χ1v) is 6.87. The first kappa shape index (κ1) is 16.4. The van der Waals surface area contributed by atoms with E-state index in [0.717, 1.165) is 0 Å². The predicted molar refractivity (Wildman–Crippen MR) is 72.4 cm³/mol. The fraction of sp³-hybridized carbons (Fsp3) is 0.333. The first-order valence-electron chi connectivity index (χ1n) is 6.87. The Labute approximate surface area is 132 Å².